The maximum absolute atomic E-state index is 3.29. The molecule has 2 aliphatic heterocycles. The third-order valence-corrected chi connectivity index (χ3v) is 4.92. The van der Waals surface area contributed by atoms with Gasteiger partial charge in [0.1, 0.15) is 0 Å². The molecule has 0 bridgehead atoms. The van der Waals surface area contributed by atoms with Gasteiger partial charge < -0.3 is 10.2 Å². The Balaban J connectivity index is 1.66. The summed E-state index contributed by atoms with van der Waals surface area (Å²) in [5, 5.41) is 3.18. The fraction of sp³-hybridized carbons (Fsp3) is 0.350. The number of hydrogen-bond donors (Lipinski definition) is 1. The van der Waals surface area contributed by atoms with Crippen LogP contribution in [0.5, 0.6) is 0 Å². The molecule has 0 spiro atoms. The molecule has 0 saturated carbocycles. The minimum Gasteiger partial charge on any atom is -0.388 e. The Bertz CT molecular complexity index is 717. The average Bonchev–Trinajstić information content (AvgIpc) is 2.61. The van der Waals surface area contributed by atoms with Crippen molar-refractivity contribution in [3.05, 3.63) is 52.8 Å². The number of nitrogens with zero attached hydrogens (tertiary/aromatic N) is 1. The summed E-state index contributed by atoms with van der Waals surface area (Å²) in [7, 11) is 1.95. The van der Waals surface area contributed by atoms with Crippen LogP contribution in [-0.2, 0) is 12.8 Å². The number of aryl methyl sites for hydroxylation is 2. The molecule has 0 aliphatic carbocycles. The van der Waals surface area contributed by atoms with E-state index in [1.165, 1.54) is 44.3 Å². The van der Waals surface area contributed by atoms with Gasteiger partial charge in [-0.25, -0.2) is 4.98 Å². The van der Waals surface area contributed by atoms with E-state index in [9.17, 15) is 0 Å². The summed E-state index contributed by atoms with van der Waals surface area (Å²) in [6, 6.07) is 8.93. The SMILES string of the molecule is CNc1cc[nH+]c(/C=C/c2cc3c4c(c2)CCCN4CCC3)c1. The lowest BCUT2D eigenvalue weighted by Crippen LogP contribution is -2.34. The number of pyridine rings is 1. The third-order valence-electron chi connectivity index (χ3n) is 4.92. The number of aromatic nitrogens is 1. The number of anilines is 2. The Hall–Kier alpha value is -2.29. The topological polar surface area (TPSA) is 29.4 Å². The van der Waals surface area contributed by atoms with Gasteiger partial charge in [-0.3, -0.25) is 0 Å². The highest BCUT2D eigenvalue weighted by atomic mass is 15.1. The number of rotatable bonds is 3. The molecule has 3 nitrogen and oxygen atoms in total. The molecule has 118 valence electrons. The smallest absolute Gasteiger partial charge is 0.205 e. The zero-order chi connectivity index (χ0) is 15.6. The van der Waals surface area contributed by atoms with E-state index in [1.807, 2.05) is 19.3 Å². The van der Waals surface area contributed by atoms with Gasteiger partial charge in [0.25, 0.3) is 0 Å². The van der Waals surface area contributed by atoms with Crippen LogP contribution in [0.1, 0.15) is 35.2 Å². The Morgan fingerprint density at radius 2 is 1.78 bits per heavy atom. The summed E-state index contributed by atoms with van der Waals surface area (Å²) in [5.74, 6) is 0. The largest absolute Gasteiger partial charge is 0.388 e. The molecule has 2 N–H and O–H groups in total. The molecule has 2 aromatic rings. The summed E-state index contributed by atoms with van der Waals surface area (Å²) in [6.45, 7) is 2.47. The normalized spacial score (nSPS) is 16.5. The van der Waals surface area contributed by atoms with Crippen molar-refractivity contribution in [3.8, 4) is 0 Å². The first kappa shape index (κ1) is 14.3. The standard InChI is InChI=1S/C20H23N3/c1-21-18-8-9-22-19(14-18)7-6-15-12-16-4-2-10-23-11-3-5-17(13-15)20(16)23/h6-9,12-14H,2-5,10-11H2,1H3,(H,21,22)/p+1/b7-6+. The fourth-order valence-corrected chi connectivity index (χ4v) is 3.85. The molecule has 1 aromatic heterocycles. The molecule has 0 radical (unpaired) electrons. The van der Waals surface area contributed by atoms with Gasteiger partial charge in [0.05, 0.1) is 0 Å². The predicted molar refractivity (Wildman–Crippen MR) is 96.8 cm³/mol. The predicted octanol–water partition coefficient (Wildman–Crippen LogP) is 3.41. The first-order valence-corrected chi connectivity index (χ1v) is 8.62. The van der Waals surface area contributed by atoms with Gasteiger partial charge in [-0.1, -0.05) is 0 Å². The molecule has 3 heteroatoms. The van der Waals surface area contributed by atoms with Crippen molar-refractivity contribution < 1.29 is 4.98 Å². The number of aromatic amines is 1. The monoisotopic (exact) mass is 306 g/mol. The molecule has 23 heavy (non-hydrogen) atoms. The zero-order valence-electron chi connectivity index (χ0n) is 13.7. The van der Waals surface area contributed by atoms with Crippen LogP contribution >= 0.6 is 0 Å². The molecule has 4 rings (SSSR count). The first-order valence-electron chi connectivity index (χ1n) is 8.62. The van der Waals surface area contributed by atoms with Gasteiger partial charge in [0.15, 0.2) is 6.20 Å². The number of benzene rings is 1. The van der Waals surface area contributed by atoms with E-state index in [0.717, 1.165) is 11.4 Å². The lowest BCUT2D eigenvalue weighted by Gasteiger charge is -2.37. The molecule has 0 amide bonds. The number of hydrogen-bond acceptors (Lipinski definition) is 2. The maximum Gasteiger partial charge on any atom is 0.205 e. The Labute approximate surface area is 138 Å². The van der Waals surface area contributed by atoms with E-state index in [4.69, 9.17) is 0 Å². The van der Waals surface area contributed by atoms with Crippen LogP contribution in [0, 0.1) is 0 Å². The van der Waals surface area contributed by atoms with Gasteiger partial charge in [-0.15, -0.1) is 0 Å². The minimum atomic E-state index is 1.12. The Morgan fingerprint density at radius 1 is 1.04 bits per heavy atom. The summed E-state index contributed by atoms with van der Waals surface area (Å²) in [6.07, 6.45) is 11.4. The number of nitrogens with one attached hydrogen (secondary N) is 2. The van der Waals surface area contributed by atoms with Gasteiger partial charge in [0, 0.05) is 49.7 Å². The fourth-order valence-electron chi connectivity index (χ4n) is 3.85. The van der Waals surface area contributed by atoms with Crippen LogP contribution in [0.25, 0.3) is 12.2 Å². The molecule has 0 saturated heterocycles. The van der Waals surface area contributed by atoms with E-state index in [-0.39, 0.29) is 0 Å². The third kappa shape index (κ3) is 2.83. The van der Waals surface area contributed by atoms with Crippen LogP contribution in [0.4, 0.5) is 11.4 Å². The van der Waals surface area contributed by atoms with Crippen molar-refractivity contribution in [3.63, 3.8) is 0 Å². The van der Waals surface area contributed by atoms with Crippen LogP contribution < -0.4 is 15.2 Å². The molecule has 1 aromatic carbocycles. The van der Waals surface area contributed by atoms with Gasteiger partial charge in [0.2, 0.25) is 5.69 Å². The summed E-state index contributed by atoms with van der Waals surface area (Å²) >= 11 is 0. The average molecular weight is 306 g/mol. The highest BCUT2D eigenvalue weighted by Gasteiger charge is 2.23. The molecule has 0 atom stereocenters. The highest BCUT2D eigenvalue weighted by Crippen LogP contribution is 2.36. The van der Waals surface area contributed by atoms with Crippen molar-refractivity contribution in [1.29, 1.82) is 0 Å². The van der Waals surface area contributed by atoms with Crippen molar-refractivity contribution >= 4 is 23.5 Å². The zero-order valence-corrected chi connectivity index (χ0v) is 13.7. The Morgan fingerprint density at radius 3 is 2.48 bits per heavy atom. The second kappa shape index (κ2) is 6.07. The Kier molecular flexibility index (Phi) is 3.78. The second-order valence-corrected chi connectivity index (χ2v) is 6.50. The van der Waals surface area contributed by atoms with Crippen molar-refractivity contribution in [2.75, 3.05) is 30.4 Å². The van der Waals surface area contributed by atoms with Gasteiger partial charge in [-0.05, 0) is 60.6 Å². The first-order chi connectivity index (χ1) is 11.3. The van der Waals surface area contributed by atoms with E-state index in [0.29, 0.717) is 0 Å². The highest BCUT2D eigenvalue weighted by molar-refractivity contribution is 5.73. The van der Waals surface area contributed by atoms with Crippen molar-refractivity contribution in [1.82, 2.24) is 0 Å². The maximum atomic E-state index is 3.29. The van der Waals surface area contributed by atoms with Crippen molar-refractivity contribution in [2.24, 2.45) is 0 Å². The van der Waals surface area contributed by atoms with E-state index < -0.39 is 0 Å². The molecular formula is C20H24N3+. The van der Waals surface area contributed by atoms with Crippen LogP contribution in [0.15, 0.2) is 30.5 Å². The van der Waals surface area contributed by atoms with E-state index in [1.54, 1.807) is 16.8 Å². The van der Waals surface area contributed by atoms with Crippen LogP contribution in [-0.4, -0.2) is 20.1 Å². The van der Waals surface area contributed by atoms with Crippen LogP contribution in [0.2, 0.25) is 0 Å². The van der Waals surface area contributed by atoms with Crippen molar-refractivity contribution in [2.45, 2.75) is 25.7 Å². The van der Waals surface area contributed by atoms with Gasteiger partial charge >= 0.3 is 0 Å². The molecular weight excluding hydrogens is 282 g/mol. The molecule has 0 fully saturated rings. The summed E-state index contributed by atoms with van der Waals surface area (Å²) in [4.78, 5) is 5.88. The lowest BCUT2D eigenvalue weighted by atomic mass is 9.90. The van der Waals surface area contributed by atoms with E-state index in [2.05, 4.69) is 45.6 Å². The molecule has 3 heterocycles. The lowest BCUT2D eigenvalue weighted by molar-refractivity contribution is -0.380. The van der Waals surface area contributed by atoms with Gasteiger partial charge in [-0.2, -0.15) is 0 Å². The summed E-state index contributed by atoms with van der Waals surface area (Å²) < 4.78 is 0. The minimum absolute atomic E-state index is 1.12. The van der Waals surface area contributed by atoms with E-state index >= 15 is 0 Å². The molecule has 0 unspecified atom stereocenters. The molecule has 2 aliphatic rings. The second-order valence-electron chi connectivity index (χ2n) is 6.50. The van der Waals surface area contributed by atoms with Crippen LogP contribution in [0.3, 0.4) is 0 Å². The number of H-pyrrole nitrogens is 1. The quantitative estimate of drug-likeness (QED) is 0.941. The summed E-state index contributed by atoms with van der Waals surface area (Å²) in [5.41, 5.74) is 8.20.